The number of halogens is 1. The molecule has 0 spiro atoms. The number of hydrogen-bond donors (Lipinski definition) is 1. The molecule has 5 heteroatoms. The third-order valence-electron chi connectivity index (χ3n) is 3.95. The quantitative estimate of drug-likeness (QED) is 0.841. The van der Waals surface area contributed by atoms with Crippen LogP contribution < -0.4 is 5.73 Å². The minimum atomic E-state index is -0.00422. The molecule has 1 aromatic carbocycles. The fraction of sp³-hybridized carbons (Fsp3) is 0.500. The lowest BCUT2D eigenvalue weighted by Crippen LogP contribution is -2.49. The highest BCUT2D eigenvalue weighted by Crippen LogP contribution is 2.28. The molecule has 1 saturated carbocycles. The van der Waals surface area contributed by atoms with Gasteiger partial charge < -0.3 is 10.6 Å². The summed E-state index contributed by atoms with van der Waals surface area (Å²) in [5.41, 5.74) is 6.79. The fourth-order valence-corrected chi connectivity index (χ4v) is 2.80. The maximum atomic E-state index is 12.4. The zero-order valence-electron chi connectivity index (χ0n) is 10.8. The van der Waals surface area contributed by atoms with Crippen molar-refractivity contribution in [3.8, 4) is 0 Å². The Balaban J connectivity index is 1.69. The van der Waals surface area contributed by atoms with Gasteiger partial charge in [-0.05, 0) is 25.0 Å². The molecule has 1 aliphatic heterocycles. The van der Waals surface area contributed by atoms with E-state index in [9.17, 15) is 4.79 Å². The molecule has 1 amide bonds. The third kappa shape index (κ3) is 2.55. The van der Waals surface area contributed by atoms with E-state index in [0.29, 0.717) is 16.3 Å². The average molecular weight is 280 g/mol. The van der Waals surface area contributed by atoms with Crippen LogP contribution in [0.15, 0.2) is 18.2 Å². The molecule has 4 nitrogen and oxygen atoms in total. The van der Waals surface area contributed by atoms with Crippen LogP contribution in [0.1, 0.15) is 23.2 Å². The Hall–Kier alpha value is -1.26. The molecule has 0 radical (unpaired) electrons. The van der Waals surface area contributed by atoms with Gasteiger partial charge in [-0.2, -0.15) is 0 Å². The number of amides is 1. The first-order valence-electron chi connectivity index (χ1n) is 6.74. The van der Waals surface area contributed by atoms with Gasteiger partial charge in [-0.3, -0.25) is 9.69 Å². The first-order valence-corrected chi connectivity index (χ1v) is 7.12. The summed E-state index contributed by atoms with van der Waals surface area (Å²) in [6.07, 6.45) is 2.63. The summed E-state index contributed by atoms with van der Waals surface area (Å²) in [6.45, 7) is 3.50. The van der Waals surface area contributed by atoms with Gasteiger partial charge in [0.1, 0.15) is 0 Å². The number of hydrogen-bond acceptors (Lipinski definition) is 3. The van der Waals surface area contributed by atoms with Crippen LogP contribution in [0.2, 0.25) is 5.02 Å². The van der Waals surface area contributed by atoms with Crippen molar-refractivity contribution in [1.82, 2.24) is 9.80 Å². The maximum absolute atomic E-state index is 12.4. The molecule has 0 aromatic heterocycles. The fourth-order valence-electron chi connectivity index (χ4n) is 2.62. The van der Waals surface area contributed by atoms with Gasteiger partial charge in [-0.1, -0.05) is 17.7 Å². The van der Waals surface area contributed by atoms with Crippen molar-refractivity contribution in [1.29, 1.82) is 0 Å². The molecule has 3 rings (SSSR count). The van der Waals surface area contributed by atoms with Crippen molar-refractivity contribution in [2.75, 3.05) is 31.9 Å². The summed E-state index contributed by atoms with van der Waals surface area (Å²) in [6, 6.07) is 6.00. The second kappa shape index (κ2) is 5.02. The molecule has 0 unspecified atom stereocenters. The van der Waals surface area contributed by atoms with Crippen molar-refractivity contribution in [3.05, 3.63) is 28.8 Å². The normalized spacial score (nSPS) is 20.6. The smallest absolute Gasteiger partial charge is 0.256 e. The number of benzene rings is 1. The van der Waals surface area contributed by atoms with Crippen molar-refractivity contribution < 1.29 is 4.79 Å². The first-order chi connectivity index (χ1) is 9.16. The highest BCUT2D eigenvalue weighted by Gasteiger charge is 2.32. The highest BCUT2D eigenvalue weighted by molar-refractivity contribution is 6.33. The standard InChI is InChI=1S/C14H18ClN3O/c15-12-3-1-2-11(13(12)16)14(19)18-8-6-17(7-9-18)10-4-5-10/h1-3,10H,4-9,16H2. The second-order valence-electron chi connectivity index (χ2n) is 5.26. The van der Waals surface area contributed by atoms with Crippen molar-refractivity contribution in [2.45, 2.75) is 18.9 Å². The van der Waals surface area contributed by atoms with Crippen LogP contribution >= 0.6 is 11.6 Å². The molecule has 1 saturated heterocycles. The Kier molecular flexibility index (Phi) is 3.37. The number of piperazine rings is 1. The van der Waals surface area contributed by atoms with Crippen LogP contribution in [0.5, 0.6) is 0 Å². The summed E-state index contributed by atoms with van der Waals surface area (Å²) in [4.78, 5) is 16.8. The molecule has 2 fully saturated rings. The number of nitrogens with two attached hydrogens (primary N) is 1. The Morgan fingerprint density at radius 1 is 1.21 bits per heavy atom. The van der Waals surface area contributed by atoms with Gasteiger partial charge in [0.15, 0.2) is 0 Å². The maximum Gasteiger partial charge on any atom is 0.256 e. The van der Waals surface area contributed by atoms with Gasteiger partial charge >= 0.3 is 0 Å². The van der Waals surface area contributed by atoms with Crippen molar-refractivity contribution >= 4 is 23.2 Å². The van der Waals surface area contributed by atoms with Crippen LogP contribution in [-0.4, -0.2) is 47.9 Å². The van der Waals surface area contributed by atoms with E-state index in [1.807, 2.05) is 4.90 Å². The van der Waals surface area contributed by atoms with E-state index in [2.05, 4.69) is 4.90 Å². The van der Waals surface area contributed by atoms with Gasteiger partial charge in [-0.25, -0.2) is 0 Å². The van der Waals surface area contributed by atoms with E-state index >= 15 is 0 Å². The number of carbonyl (C=O) groups is 1. The molecule has 19 heavy (non-hydrogen) atoms. The molecular weight excluding hydrogens is 262 g/mol. The first kappa shape index (κ1) is 12.8. The topological polar surface area (TPSA) is 49.6 Å². The molecular formula is C14H18ClN3O. The van der Waals surface area contributed by atoms with Gasteiger partial charge in [-0.15, -0.1) is 0 Å². The lowest BCUT2D eigenvalue weighted by molar-refractivity contribution is 0.0628. The summed E-state index contributed by atoms with van der Waals surface area (Å²) in [5, 5.41) is 0.447. The molecule has 0 bridgehead atoms. The van der Waals surface area contributed by atoms with Gasteiger partial charge in [0.25, 0.3) is 5.91 Å². The molecule has 1 aliphatic carbocycles. The van der Waals surface area contributed by atoms with Crippen LogP contribution in [0, 0.1) is 0 Å². The zero-order chi connectivity index (χ0) is 13.4. The van der Waals surface area contributed by atoms with Crippen molar-refractivity contribution in [2.24, 2.45) is 0 Å². The number of para-hydroxylation sites is 1. The molecule has 1 heterocycles. The van der Waals surface area contributed by atoms with E-state index in [4.69, 9.17) is 17.3 Å². The molecule has 0 atom stereocenters. The summed E-state index contributed by atoms with van der Waals surface area (Å²) < 4.78 is 0. The van der Waals surface area contributed by atoms with Crippen LogP contribution in [0.4, 0.5) is 5.69 Å². The zero-order valence-corrected chi connectivity index (χ0v) is 11.6. The number of nitrogens with zero attached hydrogens (tertiary/aromatic N) is 2. The van der Waals surface area contributed by atoms with E-state index in [-0.39, 0.29) is 5.91 Å². The van der Waals surface area contributed by atoms with E-state index in [1.165, 1.54) is 12.8 Å². The summed E-state index contributed by atoms with van der Waals surface area (Å²) in [7, 11) is 0. The monoisotopic (exact) mass is 279 g/mol. The van der Waals surface area contributed by atoms with Crippen LogP contribution in [0.25, 0.3) is 0 Å². The molecule has 1 aromatic rings. The minimum Gasteiger partial charge on any atom is -0.397 e. The Morgan fingerprint density at radius 3 is 2.53 bits per heavy atom. The number of rotatable bonds is 2. The van der Waals surface area contributed by atoms with E-state index in [0.717, 1.165) is 32.2 Å². The minimum absolute atomic E-state index is 0.00422. The van der Waals surface area contributed by atoms with Crippen LogP contribution in [-0.2, 0) is 0 Å². The van der Waals surface area contributed by atoms with Crippen LogP contribution in [0.3, 0.4) is 0 Å². The number of nitrogen functional groups attached to an aromatic ring is 1. The number of carbonyl (C=O) groups excluding carboxylic acids is 1. The molecule has 2 N–H and O–H groups in total. The lowest BCUT2D eigenvalue weighted by Gasteiger charge is -2.35. The van der Waals surface area contributed by atoms with Crippen molar-refractivity contribution in [3.63, 3.8) is 0 Å². The van der Waals surface area contributed by atoms with Gasteiger partial charge in [0.2, 0.25) is 0 Å². The third-order valence-corrected chi connectivity index (χ3v) is 4.28. The molecule has 102 valence electrons. The second-order valence-corrected chi connectivity index (χ2v) is 5.67. The largest absolute Gasteiger partial charge is 0.397 e. The Morgan fingerprint density at radius 2 is 1.89 bits per heavy atom. The highest BCUT2D eigenvalue weighted by atomic mass is 35.5. The van der Waals surface area contributed by atoms with Gasteiger partial charge in [0, 0.05) is 32.2 Å². The van der Waals surface area contributed by atoms with Gasteiger partial charge in [0.05, 0.1) is 16.3 Å². The Labute approximate surface area is 118 Å². The van der Waals surface area contributed by atoms with E-state index in [1.54, 1.807) is 18.2 Å². The lowest BCUT2D eigenvalue weighted by atomic mass is 10.1. The number of anilines is 1. The predicted molar refractivity (Wildman–Crippen MR) is 76.4 cm³/mol. The summed E-state index contributed by atoms with van der Waals surface area (Å²) >= 11 is 5.97. The predicted octanol–water partition coefficient (Wildman–Crippen LogP) is 1.84. The van der Waals surface area contributed by atoms with E-state index < -0.39 is 0 Å². The summed E-state index contributed by atoms with van der Waals surface area (Å²) in [5.74, 6) is -0.00422. The Bertz CT molecular complexity index is 493. The SMILES string of the molecule is Nc1c(Cl)cccc1C(=O)N1CCN(C2CC2)CC1. The molecule has 2 aliphatic rings. The average Bonchev–Trinajstić information content (AvgIpc) is 3.26.